The lowest BCUT2D eigenvalue weighted by molar-refractivity contribution is -0.118. The molecular weight excluding hydrogens is 234 g/mol. The van der Waals surface area contributed by atoms with E-state index >= 15 is 0 Å². The van der Waals surface area contributed by atoms with Gasteiger partial charge in [0.2, 0.25) is 0 Å². The van der Waals surface area contributed by atoms with Crippen molar-refractivity contribution in [3.63, 3.8) is 0 Å². The highest BCUT2D eigenvalue weighted by atomic mass is 16.5. The maximum Gasteiger partial charge on any atom is 0.407 e. The standard InChI is InChI=1S/C13H17NO4/c1-10(15)7-12(16)8-14-13(17)18-9-11-5-3-2-4-6-11/h2-6,12,16H,7-9H2,1H3,(H,14,17). The van der Waals surface area contributed by atoms with Crippen molar-refractivity contribution in [1.29, 1.82) is 0 Å². The first kappa shape index (κ1) is 14.2. The van der Waals surface area contributed by atoms with Crippen LogP contribution in [0.15, 0.2) is 30.3 Å². The number of aliphatic hydroxyl groups is 1. The first-order valence-corrected chi connectivity index (χ1v) is 5.70. The summed E-state index contributed by atoms with van der Waals surface area (Å²) in [6, 6.07) is 9.28. The number of carbonyl (C=O) groups is 2. The van der Waals surface area contributed by atoms with Gasteiger partial charge in [0.05, 0.1) is 6.10 Å². The summed E-state index contributed by atoms with van der Waals surface area (Å²) in [5.74, 6) is -0.123. The molecule has 1 aromatic carbocycles. The van der Waals surface area contributed by atoms with Crippen molar-refractivity contribution < 1.29 is 19.4 Å². The number of nitrogens with one attached hydrogen (secondary N) is 1. The number of aliphatic hydroxyl groups excluding tert-OH is 1. The van der Waals surface area contributed by atoms with Crippen LogP contribution in [0.5, 0.6) is 0 Å². The van der Waals surface area contributed by atoms with E-state index in [4.69, 9.17) is 4.74 Å². The molecule has 1 amide bonds. The van der Waals surface area contributed by atoms with Crippen LogP contribution in [-0.2, 0) is 16.1 Å². The van der Waals surface area contributed by atoms with Gasteiger partial charge in [-0.2, -0.15) is 0 Å². The number of Topliss-reactive ketones (excluding diaryl/α,β-unsaturated/α-hetero) is 1. The van der Waals surface area contributed by atoms with Crippen LogP contribution in [0.4, 0.5) is 4.79 Å². The summed E-state index contributed by atoms with van der Waals surface area (Å²) >= 11 is 0. The number of carbonyl (C=O) groups excluding carboxylic acids is 2. The summed E-state index contributed by atoms with van der Waals surface area (Å²) in [5, 5.41) is 11.8. The Balaban J connectivity index is 2.20. The molecule has 0 bridgehead atoms. The molecular formula is C13H17NO4. The second-order valence-corrected chi connectivity index (χ2v) is 4.00. The smallest absolute Gasteiger partial charge is 0.407 e. The molecule has 0 fully saturated rings. The van der Waals surface area contributed by atoms with E-state index in [0.717, 1.165) is 5.56 Å². The van der Waals surface area contributed by atoms with Gasteiger partial charge in [-0.25, -0.2) is 4.79 Å². The Labute approximate surface area is 106 Å². The Morgan fingerprint density at radius 2 is 2.00 bits per heavy atom. The number of hydrogen-bond donors (Lipinski definition) is 2. The number of rotatable bonds is 6. The fraction of sp³-hybridized carbons (Fsp3) is 0.385. The first-order chi connectivity index (χ1) is 8.58. The fourth-order valence-corrected chi connectivity index (χ4v) is 1.38. The van der Waals surface area contributed by atoms with Gasteiger partial charge in [-0.15, -0.1) is 0 Å². The summed E-state index contributed by atoms with van der Waals surface area (Å²) in [6.45, 7) is 1.57. The minimum atomic E-state index is -0.869. The van der Waals surface area contributed by atoms with E-state index in [9.17, 15) is 14.7 Å². The molecule has 5 heteroatoms. The zero-order valence-corrected chi connectivity index (χ0v) is 10.3. The van der Waals surface area contributed by atoms with Crippen LogP contribution >= 0.6 is 0 Å². The van der Waals surface area contributed by atoms with Crippen LogP contribution in [0, 0.1) is 0 Å². The number of alkyl carbamates (subject to hydrolysis) is 1. The van der Waals surface area contributed by atoms with Gasteiger partial charge in [-0.1, -0.05) is 30.3 Å². The molecule has 0 saturated carbocycles. The van der Waals surface area contributed by atoms with Gasteiger partial charge in [0, 0.05) is 13.0 Å². The van der Waals surface area contributed by atoms with Crippen LogP contribution in [0.3, 0.4) is 0 Å². The number of amides is 1. The minimum absolute atomic E-state index is 0.00715. The Kier molecular flexibility index (Phi) is 5.87. The van der Waals surface area contributed by atoms with Crippen molar-refractivity contribution in [2.75, 3.05) is 6.54 Å². The molecule has 0 saturated heterocycles. The summed E-state index contributed by atoms with van der Waals surface area (Å²) in [7, 11) is 0. The molecule has 5 nitrogen and oxygen atoms in total. The van der Waals surface area contributed by atoms with Crippen molar-refractivity contribution in [3.05, 3.63) is 35.9 Å². The number of hydrogen-bond acceptors (Lipinski definition) is 4. The van der Waals surface area contributed by atoms with Crippen LogP contribution in [-0.4, -0.2) is 29.6 Å². The van der Waals surface area contributed by atoms with Crippen molar-refractivity contribution in [3.8, 4) is 0 Å². The van der Waals surface area contributed by atoms with E-state index in [2.05, 4.69) is 5.32 Å². The number of ketones is 1. The molecule has 0 heterocycles. The van der Waals surface area contributed by atoms with Crippen LogP contribution < -0.4 is 5.32 Å². The van der Waals surface area contributed by atoms with Gasteiger partial charge < -0.3 is 15.2 Å². The molecule has 98 valence electrons. The molecule has 1 atom stereocenters. The number of benzene rings is 1. The Morgan fingerprint density at radius 3 is 2.61 bits per heavy atom. The maximum atomic E-state index is 11.3. The third-order valence-corrected chi connectivity index (χ3v) is 2.22. The lowest BCUT2D eigenvalue weighted by atomic mass is 10.2. The second kappa shape index (κ2) is 7.45. The van der Waals surface area contributed by atoms with Gasteiger partial charge in [0.25, 0.3) is 0 Å². The number of ether oxygens (including phenoxy) is 1. The van der Waals surface area contributed by atoms with Gasteiger partial charge in [-0.05, 0) is 12.5 Å². The Hall–Kier alpha value is -1.88. The maximum absolute atomic E-state index is 11.3. The second-order valence-electron chi connectivity index (χ2n) is 4.00. The lowest BCUT2D eigenvalue weighted by Crippen LogP contribution is -2.33. The topological polar surface area (TPSA) is 75.6 Å². The molecule has 0 spiro atoms. The van der Waals surface area contributed by atoms with E-state index in [1.54, 1.807) is 0 Å². The van der Waals surface area contributed by atoms with Crippen molar-refractivity contribution in [2.24, 2.45) is 0 Å². The highest BCUT2D eigenvalue weighted by Gasteiger charge is 2.09. The SMILES string of the molecule is CC(=O)CC(O)CNC(=O)OCc1ccccc1. The highest BCUT2D eigenvalue weighted by molar-refractivity contribution is 5.76. The lowest BCUT2D eigenvalue weighted by Gasteiger charge is -2.10. The molecule has 1 rings (SSSR count). The summed E-state index contributed by atoms with van der Waals surface area (Å²) < 4.78 is 4.94. The molecule has 2 N–H and O–H groups in total. The zero-order valence-electron chi connectivity index (χ0n) is 10.3. The van der Waals surface area contributed by atoms with Crippen LogP contribution in [0.2, 0.25) is 0 Å². The van der Waals surface area contributed by atoms with Crippen molar-refractivity contribution in [1.82, 2.24) is 5.32 Å². The minimum Gasteiger partial charge on any atom is -0.445 e. The molecule has 0 aliphatic heterocycles. The van der Waals surface area contributed by atoms with E-state index in [0.29, 0.717) is 0 Å². The normalized spacial score (nSPS) is 11.7. The molecule has 1 aromatic rings. The molecule has 18 heavy (non-hydrogen) atoms. The summed E-state index contributed by atoms with van der Waals surface area (Å²) in [5.41, 5.74) is 0.886. The van der Waals surface area contributed by atoms with E-state index in [1.165, 1.54) is 6.92 Å². The molecule has 0 radical (unpaired) electrons. The Bertz CT molecular complexity index is 391. The largest absolute Gasteiger partial charge is 0.445 e. The molecule has 0 aliphatic rings. The van der Waals surface area contributed by atoms with Crippen LogP contribution in [0.25, 0.3) is 0 Å². The fourth-order valence-electron chi connectivity index (χ4n) is 1.38. The van der Waals surface area contributed by atoms with Gasteiger partial charge in [0.1, 0.15) is 12.4 Å². The van der Waals surface area contributed by atoms with E-state index in [-0.39, 0.29) is 25.4 Å². The van der Waals surface area contributed by atoms with Crippen molar-refractivity contribution >= 4 is 11.9 Å². The van der Waals surface area contributed by atoms with Crippen LogP contribution in [0.1, 0.15) is 18.9 Å². The van der Waals surface area contributed by atoms with E-state index in [1.807, 2.05) is 30.3 Å². The van der Waals surface area contributed by atoms with Gasteiger partial charge in [-0.3, -0.25) is 4.79 Å². The summed E-state index contributed by atoms with van der Waals surface area (Å²) in [4.78, 5) is 22.0. The molecule has 0 aliphatic carbocycles. The quantitative estimate of drug-likeness (QED) is 0.798. The highest BCUT2D eigenvalue weighted by Crippen LogP contribution is 2.00. The van der Waals surface area contributed by atoms with Crippen molar-refractivity contribution in [2.45, 2.75) is 26.1 Å². The van der Waals surface area contributed by atoms with Gasteiger partial charge >= 0.3 is 6.09 Å². The van der Waals surface area contributed by atoms with Gasteiger partial charge in [0.15, 0.2) is 0 Å². The Morgan fingerprint density at radius 1 is 1.33 bits per heavy atom. The molecule has 1 unspecified atom stereocenters. The average Bonchev–Trinajstić information content (AvgIpc) is 2.34. The third kappa shape index (κ3) is 6.00. The zero-order chi connectivity index (χ0) is 13.4. The summed E-state index contributed by atoms with van der Waals surface area (Å²) in [6.07, 6.45) is -1.45. The monoisotopic (exact) mass is 251 g/mol. The molecule has 0 aromatic heterocycles. The van der Waals surface area contributed by atoms with E-state index < -0.39 is 12.2 Å². The first-order valence-electron chi connectivity index (χ1n) is 5.70. The third-order valence-electron chi connectivity index (χ3n) is 2.22. The average molecular weight is 251 g/mol. The predicted octanol–water partition coefficient (Wildman–Crippen LogP) is 1.25. The predicted molar refractivity (Wildman–Crippen MR) is 65.9 cm³/mol.